The van der Waals surface area contributed by atoms with Gasteiger partial charge in [0, 0.05) is 28.8 Å². The van der Waals surface area contributed by atoms with E-state index in [0.717, 1.165) is 42.0 Å². The fraction of sp³-hybridized carbons (Fsp3) is 0.211. The van der Waals surface area contributed by atoms with Crippen molar-refractivity contribution < 1.29 is 9.53 Å². The summed E-state index contributed by atoms with van der Waals surface area (Å²) in [4.78, 5) is 14.5. The molecule has 3 rings (SSSR count). The molecule has 118 valence electrons. The molecule has 1 fully saturated rings. The van der Waals surface area contributed by atoms with Crippen LogP contribution in [0.15, 0.2) is 59.1 Å². The highest BCUT2D eigenvalue weighted by Gasteiger charge is 2.11. The van der Waals surface area contributed by atoms with Crippen molar-refractivity contribution in [2.45, 2.75) is 0 Å². The Morgan fingerprint density at radius 1 is 1.09 bits per heavy atom. The van der Waals surface area contributed by atoms with Gasteiger partial charge in [-0.2, -0.15) is 0 Å². The van der Waals surface area contributed by atoms with Gasteiger partial charge in [-0.3, -0.25) is 4.79 Å². The van der Waals surface area contributed by atoms with Crippen molar-refractivity contribution in [3.05, 3.63) is 70.2 Å². The molecule has 0 bridgehead atoms. The summed E-state index contributed by atoms with van der Waals surface area (Å²) in [5.41, 5.74) is 2.84. The number of ether oxygens (including phenoxy) is 1. The Morgan fingerprint density at radius 2 is 1.83 bits per heavy atom. The van der Waals surface area contributed by atoms with Crippen molar-refractivity contribution in [3.63, 3.8) is 0 Å². The minimum absolute atomic E-state index is 0.0125. The van der Waals surface area contributed by atoms with Gasteiger partial charge < -0.3 is 9.64 Å². The second kappa shape index (κ2) is 7.57. The maximum absolute atomic E-state index is 12.3. The first-order valence-corrected chi connectivity index (χ1v) is 8.42. The van der Waals surface area contributed by atoms with Gasteiger partial charge in [0.2, 0.25) is 0 Å². The quantitative estimate of drug-likeness (QED) is 0.596. The highest BCUT2D eigenvalue weighted by Crippen LogP contribution is 2.18. The molecule has 0 aromatic heterocycles. The highest BCUT2D eigenvalue weighted by molar-refractivity contribution is 9.10. The van der Waals surface area contributed by atoms with Crippen LogP contribution >= 0.6 is 15.9 Å². The SMILES string of the molecule is O=C(C=Cc1cccc(Br)c1)c1ccc(N2CCOCC2)cc1. The van der Waals surface area contributed by atoms with E-state index in [9.17, 15) is 4.79 Å². The lowest BCUT2D eigenvalue weighted by Gasteiger charge is -2.28. The van der Waals surface area contributed by atoms with Gasteiger partial charge in [-0.1, -0.05) is 34.1 Å². The third-order valence-electron chi connectivity index (χ3n) is 3.80. The van der Waals surface area contributed by atoms with E-state index in [1.165, 1.54) is 0 Å². The third-order valence-corrected chi connectivity index (χ3v) is 4.30. The zero-order valence-electron chi connectivity index (χ0n) is 12.7. The lowest BCUT2D eigenvalue weighted by atomic mass is 10.1. The summed E-state index contributed by atoms with van der Waals surface area (Å²) in [6.45, 7) is 3.32. The van der Waals surface area contributed by atoms with Gasteiger partial charge in [-0.15, -0.1) is 0 Å². The normalized spacial score (nSPS) is 15.1. The van der Waals surface area contributed by atoms with Gasteiger partial charge in [0.25, 0.3) is 0 Å². The van der Waals surface area contributed by atoms with E-state index < -0.39 is 0 Å². The topological polar surface area (TPSA) is 29.5 Å². The zero-order chi connectivity index (χ0) is 16.1. The van der Waals surface area contributed by atoms with E-state index in [2.05, 4.69) is 20.8 Å². The van der Waals surface area contributed by atoms with Crippen molar-refractivity contribution in [1.82, 2.24) is 0 Å². The summed E-state index contributed by atoms with van der Waals surface area (Å²) in [5.74, 6) is 0.0125. The molecule has 0 aliphatic carbocycles. The van der Waals surface area contributed by atoms with Crippen molar-refractivity contribution in [1.29, 1.82) is 0 Å². The first-order valence-electron chi connectivity index (χ1n) is 7.63. The second-order valence-corrected chi connectivity index (χ2v) is 6.31. The minimum Gasteiger partial charge on any atom is -0.378 e. The molecule has 0 radical (unpaired) electrons. The molecule has 3 nitrogen and oxygen atoms in total. The van der Waals surface area contributed by atoms with Crippen LogP contribution < -0.4 is 4.90 Å². The van der Waals surface area contributed by atoms with Crippen molar-refractivity contribution in [2.24, 2.45) is 0 Å². The van der Waals surface area contributed by atoms with Gasteiger partial charge in [0.1, 0.15) is 0 Å². The number of hydrogen-bond acceptors (Lipinski definition) is 3. The Bertz CT molecular complexity index is 704. The van der Waals surface area contributed by atoms with E-state index in [-0.39, 0.29) is 5.78 Å². The number of anilines is 1. The first kappa shape index (κ1) is 16.0. The highest BCUT2D eigenvalue weighted by atomic mass is 79.9. The van der Waals surface area contributed by atoms with Gasteiger partial charge in [0.15, 0.2) is 5.78 Å². The fourth-order valence-corrected chi connectivity index (χ4v) is 2.95. The molecule has 2 aromatic carbocycles. The molecular formula is C19H18BrNO2. The molecular weight excluding hydrogens is 354 g/mol. The van der Waals surface area contributed by atoms with Crippen LogP contribution in [0.1, 0.15) is 15.9 Å². The zero-order valence-corrected chi connectivity index (χ0v) is 14.3. The lowest BCUT2D eigenvalue weighted by molar-refractivity contribution is 0.104. The molecule has 0 N–H and O–H groups in total. The Labute approximate surface area is 144 Å². The molecule has 1 aliphatic heterocycles. The van der Waals surface area contributed by atoms with Crippen LogP contribution in [0.4, 0.5) is 5.69 Å². The number of benzene rings is 2. The molecule has 0 atom stereocenters. The predicted octanol–water partition coefficient (Wildman–Crippen LogP) is 4.18. The number of rotatable bonds is 4. The molecule has 23 heavy (non-hydrogen) atoms. The summed E-state index contributed by atoms with van der Waals surface area (Å²) in [6, 6.07) is 15.6. The number of morpholine rings is 1. The Morgan fingerprint density at radius 3 is 2.52 bits per heavy atom. The van der Waals surface area contributed by atoms with E-state index in [1.54, 1.807) is 6.08 Å². The van der Waals surface area contributed by atoms with Crippen LogP contribution in [0.25, 0.3) is 6.08 Å². The van der Waals surface area contributed by atoms with Crippen molar-refractivity contribution in [3.8, 4) is 0 Å². The number of carbonyl (C=O) groups excluding carboxylic acids is 1. The summed E-state index contributed by atoms with van der Waals surface area (Å²) in [5, 5.41) is 0. The molecule has 1 saturated heterocycles. The van der Waals surface area contributed by atoms with Crippen LogP contribution in [0.2, 0.25) is 0 Å². The molecule has 1 aliphatic rings. The average Bonchev–Trinajstić information content (AvgIpc) is 2.61. The van der Waals surface area contributed by atoms with E-state index >= 15 is 0 Å². The maximum Gasteiger partial charge on any atom is 0.185 e. The Balaban J connectivity index is 1.67. The minimum atomic E-state index is 0.0125. The fourth-order valence-electron chi connectivity index (χ4n) is 2.54. The Kier molecular flexibility index (Phi) is 5.26. The summed E-state index contributed by atoms with van der Waals surface area (Å²) in [6.07, 6.45) is 3.45. The number of halogens is 1. The molecule has 0 spiro atoms. The van der Waals surface area contributed by atoms with E-state index in [0.29, 0.717) is 5.56 Å². The van der Waals surface area contributed by atoms with E-state index in [4.69, 9.17) is 4.74 Å². The van der Waals surface area contributed by atoms with Crippen molar-refractivity contribution in [2.75, 3.05) is 31.2 Å². The van der Waals surface area contributed by atoms with E-state index in [1.807, 2.05) is 54.6 Å². The molecule has 0 unspecified atom stereocenters. The summed E-state index contributed by atoms with van der Waals surface area (Å²) < 4.78 is 6.36. The molecule has 1 heterocycles. The number of hydrogen-bond donors (Lipinski definition) is 0. The van der Waals surface area contributed by atoms with Crippen LogP contribution in [0.3, 0.4) is 0 Å². The average molecular weight is 372 g/mol. The first-order chi connectivity index (χ1) is 11.2. The Hall–Kier alpha value is -1.91. The molecule has 0 amide bonds. The van der Waals surface area contributed by atoms with Crippen molar-refractivity contribution >= 4 is 33.5 Å². The van der Waals surface area contributed by atoms with Gasteiger partial charge in [0.05, 0.1) is 13.2 Å². The smallest absolute Gasteiger partial charge is 0.185 e. The number of carbonyl (C=O) groups is 1. The van der Waals surface area contributed by atoms with Gasteiger partial charge >= 0.3 is 0 Å². The monoisotopic (exact) mass is 371 g/mol. The summed E-state index contributed by atoms with van der Waals surface area (Å²) >= 11 is 3.43. The largest absolute Gasteiger partial charge is 0.378 e. The number of ketones is 1. The van der Waals surface area contributed by atoms with Crippen LogP contribution in [0, 0.1) is 0 Å². The van der Waals surface area contributed by atoms with Crippen LogP contribution in [0.5, 0.6) is 0 Å². The van der Waals surface area contributed by atoms with Crippen LogP contribution in [-0.4, -0.2) is 32.1 Å². The predicted molar refractivity (Wildman–Crippen MR) is 97.0 cm³/mol. The van der Waals surface area contributed by atoms with Crippen LogP contribution in [-0.2, 0) is 4.74 Å². The lowest BCUT2D eigenvalue weighted by Crippen LogP contribution is -2.36. The second-order valence-electron chi connectivity index (χ2n) is 5.40. The third kappa shape index (κ3) is 4.30. The number of allylic oxidation sites excluding steroid dienone is 1. The molecule has 4 heteroatoms. The standard InChI is InChI=1S/C19H18BrNO2/c20-17-3-1-2-15(14-17)4-9-19(22)16-5-7-18(8-6-16)21-10-12-23-13-11-21/h1-9,14H,10-13H2. The molecule has 2 aromatic rings. The van der Waals surface area contributed by atoms with Gasteiger partial charge in [-0.25, -0.2) is 0 Å². The maximum atomic E-state index is 12.3. The van der Waals surface area contributed by atoms with Gasteiger partial charge in [-0.05, 0) is 48.0 Å². The number of nitrogens with zero attached hydrogens (tertiary/aromatic N) is 1. The summed E-state index contributed by atoms with van der Waals surface area (Å²) in [7, 11) is 0. The molecule has 0 saturated carbocycles.